The molecule has 1 heterocycles. The molecule has 136 valence electrons. The first-order valence-corrected chi connectivity index (χ1v) is 10.7. The van der Waals surface area contributed by atoms with Crippen molar-refractivity contribution in [2.45, 2.75) is 98.8 Å². The molecule has 1 heteroatoms. The monoisotopic (exact) mass is 321 g/mol. The summed E-state index contributed by atoms with van der Waals surface area (Å²) in [5.74, 6) is 1.82. The molecule has 3 atom stereocenters. The van der Waals surface area contributed by atoms with Gasteiger partial charge < -0.3 is 4.90 Å². The van der Waals surface area contributed by atoms with Crippen LogP contribution < -0.4 is 0 Å². The lowest BCUT2D eigenvalue weighted by molar-refractivity contribution is 0.184. The Bertz CT molecular complexity index is 346. The van der Waals surface area contributed by atoms with Gasteiger partial charge in [-0.2, -0.15) is 0 Å². The molecule has 1 nitrogen and oxygen atoms in total. The first-order valence-electron chi connectivity index (χ1n) is 10.7. The Morgan fingerprint density at radius 3 is 2.22 bits per heavy atom. The standard InChI is InChI=1S/C22H43N/c1-6-10-22(11-9-20(5)16-19(4)7-2)14-15-23(18-22)17-21(8-3)12-13-21/h19-20H,6-18H2,1-5H3. The van der Waals surface area contributed by atoms with Crippen LogP contribution in [0, 0.1) is 22.7 Å². The normalized spacial score (nSPS) is 29.6. The molecule has 23 heavy (non-hydrogen) atoms. The van der Waals surface area contributed by atoms with Crippen LogP contribution in [0.15, 0.2) is 0 Å². The first-order chi connectivity index (χ1) is 11.0. The number of nitrogens with zero attached hydrogens (tertiary/aromatic N) is 1. The summed E-state index contributed by atoms with van der Waals surface area (Å²) in [5.41, 5.74) is 1.38. The molecule has 0 radical (unpaired) electrons. The molecule has 0 bridgehead atoms. The summed E-state index contributed by atoms with van der Waals surface area (Å²) < 4.78 is 0. The summed E-state index contributed by atoms with van der Waals surface area (Å²) in [5, 5.41) is 0. The van der Waals surface area contributed by atoms with Crippen LogP contribution in [-0.4, -0.2) is 24.5 Å². The number of rotatable bonds is 11. The highest BCUT2D eigenvalue weighted by molar-refractivity contribution is 4.98. The lowest BCUT2D eigenvalue weighted by atomic mass is 9.76. The van der Waals surface area contributed by atoms with Crippen LogP contribution in [0.3, 0.4) is 0 Å². The smallest absolute Gasteiger partial charge is 0.00387 e. The zero-order chi connectivity index (χ0) is 16.9. The van der Waals surface area contributed by atoms with E-state index in [2.05, 4.69) is 39.5 Å². The minimum Gasteiger partial charge on any atom is -0.302 e. The van der Waals surface area contributed by atoms with E-state index in [1.165, 1.54) is 83.8 Å². The van der Waals surface area contributed by atoms with Gasteiger partial charge in [-0.3, -0.25) is 0 Å². The lowest BCUT2D eigenvalue weighted by Crippen LogP contribution is -2.32. The van der Waals surface area contributed by atoms with E-state index in [1.807, 2.05) is 0 Å². The van der Waals surface area contributed by atoms with E-state index in [0.29, 0.717) is 5.41 Å². The summed E-state index contributed by atoms with van der Waals surface area (Å²) in [6, 6.07) is 0. The highest BCUT2D eigenvalue weighted by atomic mass is 15.2. The van der Waals surface area contributed by atoms with Crippen molar-refractivity contribution in [3.8, 4) is 0 Å². The Hall–Kier alpha value is -0.0400. The van der Waals surface area contributed by atoms with E-state index in [0.717, 1.165) is 17.3 Å². The molecule has 2 rings (SSSR count). The van der Waals surface area contributed by atoms with Crippen molar-refractivity contribution >= 4 is 0 Å². The Labute approximate surface area is 146 Å². The molecule has 3 unspecified atom stereocenters. The molecule has 0 N–H and O–H groups in total. The Kier molecular flexibility index (Phi) is 7.01. The third-order valence-corrected chi connectivity index (χ3v) is 7.23. The molecule has 1 saturated carbocycles. The van der Waals surface area contributed by atoms with Crippen molar-refractivity contribution in [3.05, 3.63) is 0 Å². The molecule has 0 aromatic heterocycles. The highest BCUT2D eigenvalue weighted by Crippen LogP contribution is 2.51. The fourth-order valence-electron chi connectivity index (χ4n) is 5.02. The maximum Gasteiger partial charge on any atom is 0.00387 e. The number of hydrogen-bond acceptors (Lipinski definition) is 1. The van der Waals surface area contributed by atoms with E-state index in [1.54, 1.807) is 0 Å². The molecular formula is C22H43N. The molecule has 0 amide bonds. The second kappa shape index (κ2) is 8.37. The van der Waals surface area contributed by atoms with Crippen molar-refractivity contribution in [2.75, 3.05) is 19.6 Å². The molecule has 0 aromatic rings. The molecule has 2 aliphatic rings. The number of likely N-dealkylation sites (tertiary alicyclic amines) is 1. The van der Waals surface area contributed by atoms with Crippen LogP contribution in [0.4, 0.5) is 0 Å². The van der Waals surface area contributed by atoms with Gasteiger partial charge in [0.25, 0.3) is 0 Å². The predicted octanol–water partition coefficient (Wildman–Crippen LogP) is 6.52. The largest absolute Gasteiger partial charge is 0.302 e. The highest BCUT2D eigenvalue weighted by Gasteiger charge is 2.45. The average Bonchev–Trinajstić information content (AvgIpc) is 3.20. The van der Waals surface area contributed by atoms with Crippen LogP contribution >= 0.6 is 0 Å². The van der Waals surface area contributed by atoms with E-state index < -0.39 is 0 Å². The van der Waals surface area contributed by atoms with Gasteiger partial charge in [0.2, 0.25) is 0 Å². The summed E-state index contributed by atoms with van der Waals surface area (Å²) >= 11 is 0. The molecule has 1 saturated heterocycles. The Morgan fingerprint density at radius 1 is 0.913 bits per heavy atom. The minimum absolute atomic E-state index is 0.655. The Morgan fingerprint density at radius 2 is 1.65 bits per heavy atom. The summed E-state index contributed by atoms with van der Waals surface area (Å²) in [6.45, 7) is 16.2. The SMILES string of the molecule is CCCC1(CCC(C)CC(C)CC)CCN(CC2(CC)CC2)C1. The molecule has 1 aliphatic carbocycles. The third kappa shape index (κ3) is 5.48. The van der Waals surface area contributed by atoms with Crippen molar-refractivity contribution in [3.63, 3.8) is 0 Å². The van der Waals surface area contributed by atoms with Gasteiger partial charge in [-0.1, -0.05) is 53.9 Å². The van der Waals surface area contributed by atoms with E-state index in [9.17, 15) is 0 Å². The van der Waals surface area contributed by atoms with Crippen molar-refractivity contribution in [2.24, 2.45) is 22.7 Å². The number of hydrogen-bond donors (Lipinski definition) is 0. The van der Waals surface area contributed by atoms with Gasteiger partial charge in [0.05, 0.1) is 0 Å². The van der Waals surface area contributed by atoms with E-state index >= 15 is 0 Å². The van der Waals surface area contributed by atoms with Crippen molar-refractivity contribution in [1.29, 1.82) is 0 Å². The third-order valence-electron chi connectivity index (χ3n) is 7.23. The minimum atomic E-state index is 0.655. The van der Waals surface area contributed by atoms with E-state index in [-0.39, 0.29) is 0 Å². The topological polar surface area (TPSA) is 3.24 Å². The maximum atomic E-state index is 2.84. The zero-order valence-electron chi connectivity index (χ0n) is 16.8. The first kappa shape index (κ1) is 19.3. The van der Waals surface area contributed by atoms with Gasteiger partial charge in [0, 0.05) is 13.1 Å². The fourth-order valence-corrected chi connectivity index (χ4v) is 5.02. The van der Waals surface area contributed by atoms with Gasteiger partial charge in [-0.05, 0) is 74.2 Å². The second-order valence-corrected chi connectivity index (χ2v) is 9.46. The zero-order valence-corrected chi connectivity index (χ0v) is 16.8. The van der Waals surface area contributed by atoms with Crippen LogP contribution in [0.1, 0.15) is 98.8 Å². The summed E-state index contributed by atoms with van der Waals surface area (Å²) in [4.78, 5) is 2.84. The average molecular weight is 322 g/mol. The van der Waals surface area contributed by atoms with Crippen molar-refractivity contribution < 1.29 is 0 Å². The predicted molar refractivity (Wildman–Crippen MR) is 103 cm³/mol. The van der Waals surface area contributed by atoms with E-state index in [4.69, 9.17) is 0 Å². The molecule has 0 aromatic carbocycles. The molecular weight excluding hydrogens is 278 g/mol. The van der Waals surface area contributed by atoms with Gasteiger partial charge in [-0.15, -0.1) is 0 Å². The van der Waals surface area contributed by atoms with Crippen LogP contribution in [0.2, 0.25) is 0 Å². The molecule has 2 fully saturated rings. The van der Waals surface area contributed by atoms with Gasteiger partial charge in [-0.25, -0.2) is 0 Å². The molecule has 1 aliphatic heterocycles. The van der Waals surface area contributed by atoms with Gasteiger partial charge >= 0.3 is 0 Å². The summed E-state index contributed by atoms with van der Waals surface area (Å²) in [7, 11) is 0. The van der Waals surface area contributed by atoms with Gasteiger partial charge in [0.1, 0.15) is 0 Å². The quantitative estimate of drug-likeness (QED) is 0.418. The van der Waals surface area contributed by atoms with Crippen molar-refractivity contribution in [1.82, 2.24) is 4.90 Å². The summed E-state index contributed by atoms with van der Waals surface area (Å²) in [6.07, 6.45) is 14.4. The molecule has 0 spiro atoms. The van der Waals surface area contributed by atoms with Crippen LogP contribution in [0.25, 0.3) is 0 Å². The Balaban J connectivity index is 1.82. The van der Waals surface area contributed by atoms with Crippen LogP contribution in [-0.2, 0) is 0 Å². The maximum absolute atomic E-state index is 2.84. The lowest BCUT2D eigenvalue weighted by Gasteiger charge is -2.32. The van der Waals surface area contributed by atoms with Gasteiger partial charge in [0.15, 0.2) is 0 Å². The van der Waals surface area contributed by atoms with Crippen LogP contribution in [0.5, 0.6) is 0 Å². The fraction of sp³-hybridized carbons (Fsp3) is 1.00. The second-order valence-electron chi connectivity index (χ2n) is 9.46.